The molecule has 4 nitrogen and oxygen atoms in total. The molecule has 0 spiro atoms. The van der Waals surface area contributed by atoms with E-state index < -0.39 is 11.7 Å². The largest absolute Gasteiger partial charge is 0.442 e. The maximum absolute atomic E-state index is 12.4. The smallest absolute Gasteiger partial charge is 0.431 e. The van der Waals surface area contributed by atoms with E-state index in [-0.39, 0.29) is 6.04 Å². The van der Waals surface area contributed by atoms with Gasteiger partial charge in [-0.05, 0) is 32.8 Å². The topological polar surface area (TPSA) is 41.9 Å². The summed E-state index contributed by atoms with van der Waals surface area (Å²) in [6, 6.07) is 9.47. The number of rotatable bonds is 6. The van der Waals surface area contributed by atoms with E-state index in [1.165, 1.54) is 5.01 Å². The van der Waals surface area contributed by atoms with Crippen LogP contribution in [0.25, 0.3) is 0 Å². The third kappa shape index (κ3) is 6.12. The first-order chi connectivity index (χ1) is 10.4. The van der Waals surface area contributed by atoms with E-state index in [2.05, 4.69) is 18.6 Å². The molecule has 0 aliphatic rings. The van der Waals surface area contributed by atoms with Crippen molar-refractivity contribution in [2.24, 2.45) is 5.10 Å². The van der Waals surface area contributed by atoms with E-state index in [4.69, 9.17) is 4.74 Å². The molecule has 0 saturated heterocycles. The van der Waals surface area contributed by atoms with Gasteiger partial charge >= 0.3 is 6.09 Å². The number of carbonyl (C=O) groups excluding carboxylic acids is 1. The Hall–Kier alpha value is -2.10. The Kier molecular flexibility index (Phi) is 6.83. The molecule has 0 radical (unpaired) electrons. The van der Waals surface area contributed by atoms with Gasteiger partial charge in [-0.3, -0.25) is 0 Å². The van der Waals surface area contributed by atoms with E-state index in [9.17, 15) is 4.79 Å². The molecule has 4 heteroatoms. The minimum absolute atomic E-state index is 0.181. The first-order valence-electron chi connectivity index (χ1n) is 7.61. The fourth-order valence-corrected chi connectivity index (χ4v) is 1.88. The molecule has 0 aromatic heterocycles. The normalized spacial score (nSPS) is 12.9. The van der Waals surface area contributed by atoms with Crippen LogP contribution in [-0.2, 0) is 4.74 Å². The number of ether oxygens (including phenoxy) is 1. The summed E-state index contributed by atoms with van der Waals surface area (Å²) in [6.07, 6.45) is 4.65. The monoisotopic (exact) mass is 302 g/mol. The molecule has 1 aromatic carbocycles. The van der Waals surface area contributed by atoms with Crippen LogP contribution in [-0.4, -0.2) is 29.0 Å². The Balaban J connectivity index is 2.97. The molecular formula is C18H26N2O2. The molecule has 0 bridgehead atoms. The molecule has 1 rings (SSSR count). The van der Waals surface area contributed by atoms with E-state index in [0.29, 0.717) is 0 Å². The fraction of sp³-hybridized carbons (Fsp3) is 0.444. The van der Waals surface area contributed by atoms with Gasteiger partial charge in [0.15, 0.2) is 0 Å². The minimum Gasteiger partial charge on any atom is -0.442 e. The molecule has 120 valence electrons. The number of nitrogens with zero attached hydrogens (tertiary/aromatic N) is 2. The molecule has 0 aliphatic carbocycles. The lowest BCUT2D eigenvalue weighted by molar-refractivity contribution is 0.0199. The average Bonchev–Trinajstić information content (AvgIpc) is 2.45. The second kappa shape index (κ2) is 8.37. The molecular weight excluding hydrogens is 276 g/mol. The molecule has 1 unspecified atom stereocenters. The highest BCUT2D eigenvalue weighted by Crippen LogP contribution is 2.16. The molecule has 1 amide bonds. The van der Waals surface area contributed by atoms with Crippen LogP contribution in [0.15, 0.2) is 48.1 Å². The van der Waals surface area contributed by atoms with Crippen LogP contribution in [0.4, 0.5) is 4.79 Å². The predicted octanol–water partition coefficient (Wildman–Crippen LogP) is 4.61. The van der Waals surface area contributed by atoms with Gasteiger partial charge in [-0.15, -0.1) is 6.58 Å². The third-order valence-corrected chi connectivity index (χ3v) is 2.88. The maximum atomic E-state index is 12.4. The Morgan fingerprint density at radius 1 is 1.36 bits per heavy atom. The van der Waals surface area contributed by atoms with Crippen LogP contribution in [0.3, 0.4) is 0 Å². The molecule has 0 saturated carbocycles. The van der Waals surface area contributed by atoms with Crippen LogP contribution in [0.2, 0.25) is 0 Å². The zero-order valence-corrected chi connectivity index (χ0v) is 14.0. The summed E-state index contributed by atoms with van der Waals surface area (Å²) in [7, 11) is 0. The molecule has 0 aliphatic heterocycles. The first-order valence-corrected chi connectivity index (χ1v) is 7.61. The fourth-order valence-electron chi connectivity index (χ4n) is 1.88. The lowest BCUT2D eigenvalue weighted by Gasteiger charge is -2.28. The highest BCUT2D eigenvalue weighted by atomic mass is 16.6. The summed E-state index contributed by atoms with van der Waals surface area (Å²) >= 11 is 0. The Morgan fingerprint density at radius 2 is 2.00 bits per heavy atom. The summed E-state index contributed by atoms with van der Waals surface area (Å²) in [4.78, 5) is 12.4. The number of hydrogen-bond donors (Lipinski definition) is 0. The van der Waals surface area contributed by atoms with Crippen molar-refractivity contribution >= 4 is 12.3 Å². The van der Waals surface area contributed by atoms with Crippen molar-refractivity contribution in [2.45, 2.75) is 52.2 Å². The van der Waals surface area contributed by atoms with Crippen LogP contribution >= 0.6 is 0 Å². The number of amides is 1. The second-order valence-corrected chi connectivity index (χ2v) is 6.07. The number of hydrogen-bond acceptors (Lipinski definition) is 3. The molecule has 1 atom stereocenters. The van der Waals surface area contributed by atoms with Crippen molar-refractivity contribution in [2.75, 3.05) is 0 Å². The van der Waals surface area contributed by atoms with Crippen molar-refractivity contribution in [1.29, 1.82) is 0 Å². The lowest BCUT2D eigenvalue weighted by atomic mass is 10.1. The van der Waals surface area contributed by atoms with Crippen LogP contribution in [0, 0.1) is 0 Å². The van der Waals surface area contributed by atoms with Crippen molar-refractivity contribution in [1.82, 2.24) is 5.01 Å². The van der Waals surface area contributed by atoms with Crippen molar-refractivity contribution < 1.29 is 9.53 Å². The summed E-state index contributed by atoms with van der Waals surface area (Å²) in [6.45, 7) is 11.4. The maximum Gasteiger partial charge on any atom is 0.431 e. The van der Waals surface area contributed by atoms with Gasteiger partial charge in [0.05, 0.1) is 12.3 Å². The van der Waals surface area contributed by atoms with Gasteiger partial charge in [-0.2, -0.15) is 10.1 Å². The first kappa shape index (κ1) is 18.0. The number of hydrazone groups is 1. The van der Waals surface area contributed by atoms with Gasteiger partial charge in [-0.1, -0.05) is 49.8 Å². The molecule has 0 heterocycles. The quantitative estimate of drug-likeness (QED) is 0.437. The van der Waals surface area contributed by atoms with Crippen molar-refractivity contribution in [3.63, 3.8) is 0 Å². The van der Waals surface area contributed by atoms with E-state index in [1.807, 2.05) is 51.1 Å². The number of carbonyl (C=O) groups is 1. The minimum atomic E-state index is -0.560. The predicted molar refractivity (Wildman–Crippen MR) is 91.0 cm³/mol. The van der Waals surface area contributed by atoms with Gasteiger partial charge in [0, 0.05) is 0 Å². The molecule has 0 N–H and O–H groups in total. The lowest BCUT2D eigenvalue weighted by Crippen LogP contribution is -2.39. The summed E-state index contributed by atoms with van der Waals surface area (Å²) in [5.41, 5.74) is 0.366. The highest BCUT2D eigenvalue weighted by Gasteiger charge is 2.26. The number of benzene rings is 1. The van der Waals surface area contributed by atoms with Crippen molar-refractivity contribution in [3.8, 4) is 0 Å². The zero-order valence-electron chi connectivity index (χ0n) is 14.0. The van der Waals surface area contributed by atoms with Crippen molar-refractivity contribution in [3.05, 3.63) is 48.6 Å². The van der Waals surface area contributed by atoms with E-state index in [0.717, 1.165) is 18.4 Å². The Morgan fingerprint density at radius 3 is 2.50 bits per heavy atom. The molecule has 1 aromatic rings. The van der Waals surface area contributed by atoms with E-state index >= 15 is 0 Å². The molecule has 0 fully saturated rings. The Labute approximate surface area is 133 Å². The summed E-state index contributed by atoms with van der Waals surface area (Å²) < 4.78 is 5.44. The van der Waals surface area contributed by atoms with Gasteiger partial charge in [0.25, 0.3) is 0 Å². The highest BCUT2D eigenvalue weighted by molar-refractivity contribution is 5.80. The van der Waals surface area contributed by atoms with Crippen LogP contribution < -0.4 is 0 Å². The van der Waals surface area contributed by atoms with E-state index in [1.54, 1.807) is 12.3 Å². The molecule has 22 heavy (non-hydrogen) atoms. The average molecular weight is 302 g/mol. The summed E-state index contributed by atoms with van der Waals surface area (Å²) in [5.74, 6) is 0. The van der Waals surface area contributed by atoms with Crippen LogP contribution in [0.5, 0.6) is 0 Å². The Bertz CT molecular complexity index is 504. The van der Waals surface area contributed by atoms with Crippen LogP contribution in [0.1, 0.15) is 46.1 Å². The zero-order chi connectivity index (χ0) is 16.6. The SMILES string of the molecule is C=CC(CCC)N(/N=C/c1ccccc1)C(=O)OC(C)(C)C. The second-order valence-electron chi connectivity index (χ2n) is 6.07. The van der Waals surface area contributed by atoms with Gasteiger partial charge in [0.1, 0.15) is 5.60 Å². The van der Waals surface area contributed by atoms with Gasteiger partial charge < -0.3 is 4.74 Å². The summed E-state index contributed by atoms with van der Waals surface area (Å²) in [5, 5.41) is 5.70. The van der Waals surface area contributed by atoms with Gasteiger partial charge in [0.2, 0.25) is 0 Å². The van der Waals surface area contributed by atoms with Gasteiger partial charge in [-0.25, -0.2) is 4.79 Å². The standard InChI is InChI=1S/C18H26N2O2/c1-6-11-16(7-2)20(17(21)22-18(3,4)5)19-14-15-12-9-8-10-13-15/h7-10,12-14,16H,2,6,11H2,1,3-5H3/b19-14+. The third-order valence-electron chi connectivity index (χ3n) is 2.88.